The Hall–Kier alpha value is -2.70. The summed E-state index contributed by atoms with van der Waals surface area (Å²) in [6.07, 6.45) is 2.71. The first kappa shape index (κ1) is 23.1. The first-order valence-corrected chi connectivity index (χ1v) is 12.2. The molecule has 1 unspecified atom stereocenters. The SMILES string of the molecule is O=C(NCCC(Oc1cccc(C(F)(F)F)c1)c1ccccc1)NC12CC3CC(CC(C3)C1)C2. The monoisotopic (exact) mass is 472 g/mol. The molecule has 0 aliphatic heterocycles. The maximum absolute atomic E-state index is 13.1. The van der Waals surface area contributed by atoms with Crippen LogP contribution in [0.25, 0.3) is 0 Å². The number of carbonyl (C=O) groups is 1. The third kappa shape index (κ3) is 5.18. The molecule has 2 aromatic carbocycles. The number of halogens is 3. The van der Waals surface area contributed by atoms with Crippen LogP contribution in [0.4, 0.5) is 18.0 Å². The summed E-state index contributed by atoms with van der Waals surface area (Å²) in [7, 11) is 0. The molecule has 4 bridgehead atoms. The van der Waals surface area contributed by atoms with Crippen molar-refractivity contribution in [1.82, 2.24) is 10.6 Å². The Morgan fingerprint density at radius 2 is 1.62 bits per heavy atom. The molecule has 1 atom stereocenters. The van der Waals surface area contributed by atoms with Crippen molar-refractivity contribution in [3.8, 4) is 5.75 Å². The van der Waals surface area contributed by atoms with Crippen LogP contribution in [-0.2, 0) is 6.18 Å². The number of carbonyl (C=O) groups excluding carboxylic acids is 1. The number of urea groups is 1. The van der Waals surface area contributed by atoms with Crippen LogP contribution in [0.5, 0.6) is 5.75 Å². The van der Waals surface area contributed by atoms with Gasteiger partial charge in [-0.2, -0.15) is 13.2 Å². The predicted molar refractivity (Wildman–Crippen MR) is 123 cm³/mol. The van der Waals surface area contributed by atoms with Gasteiger partial charge in [0.05, 0.1) is 5.56 Å². The third-order valence-electron chi connectivity index (χ3n) is 7.72. The maximum atomic E-state index is 13.1. The van der Waals surface area contributed by atoms with Gasteiger partial charge in [0.25, 0.3) is 0 Å². The molecule has 0 spiro atoms. The molecule has 4 fully saturated rings. The summed E-state index contributed by atoms with van der Waals surface area (Å²) in [6.45, 7) is 0.358. The van der Waals surface area contributed by atoms with Crippen molar-refractivity contribution in [2.75, 3.05) is 6.54 Å². The van der Waals surface area contributed by atoms with Crippen LogP contribution in [0.15, 0.2) is 54.6 Å². The van der Waals surface area contributed by atoms with Crippen LogP contribution in [0.1, 0.15) is 62.2 Å². The van der Waals surface area contributed by atoms with Crippen molar-refractivity contribution in [1.29, 1.82) is 0 Å². The van der Waals surface area contributed by atoms with E-state index in [-0.39, 0.29) is 17.3 Å². The molecule has 2 N–H and O–H groups in total. The van der Waals surface area contributed by atoms with E-state index in [1.807, 2.05) is 30.3 Å². The molecule has 182 valence electrons. The normalized spacial score (nSPS) is 28.4. The van der Waals surface area contributed by atoms with Gasteiger partial charge in [-0.25, -0.2) is 4.79 Å². The zero-order valence-corrected chi connectivity index (χ0v) is 19.1. The highest BCUT2D eigenvalue weighted by Crippen LogP contribution is 2.55. The van der Waals surface area contributed by atoms with Gasteiger partial charge in [-0.05, 0) is 80.0 Å². The lowest BCUT2D eigenvalue weighted by Crippen LogP contribution is -2.61. The van der Waals surface area contributed by atoms with Gasteiger partial charge in [-0.15, -0.1) is 0 Å². The van der Waals surface area contributed by atoms with Crippen LogP contribution in [0.2, 0.25) is 0 Å². The molecular formula is C27H31F3N2O2. The van der Waals surface area contributed by atoms with Gasteiger partial charge >= 0.3 is 12.2 Å². The lowest BCUT2D eigenvalue weighted by Gasteiger charge is -2.56. The number of hydrogen-bond acceptors (Lipinski definition) is 2. The van der Waals surface area contributed by atoms with Crippen LogP contribution < -0.4 is 15.4 Å². The molecule has 4 aliphatic rings. The van der Waals surface area contributed by atoms with E-state index in [4.69, 9.17) is 4.74 Å². The van der Waals surface area contributed by atoms with Gasteiger partial charge in [0.2, 0.25) is 0 Å². The fraction of sp³-hybridized carbons (Fsp3) is 0.519. The van der Waals surface area contributed by atoms with Gasteiger partial charge in [-0.3, -0.25) is 0 Å². The summed E-state index contributed by atoms with van der Waals surface area (Å²) in [4.78, 5) is 12.8. The average Bonchev–Trinajstić information content (AvgIpc) is 2.77. The van der Waals surface area contributed by atoms with Crippen LogP contribution in [-0.4, -0.2) is 18.1 Å². The van der Waals surface area contributed by atoms with Crippen molar-refractivity contribution in [3.63, 3.8) is 0 Å². The standard InChI is InChI=1S/C27H31F3N2O2/c28-27(29,30)22-7-4-8-23(14-22)34-24(21-5-2-1-3-6-21)9-10-31-25(33)32-26-15-18-11-19(16-26)13-20(12-18)17-26/h1-8,14,18-20,24H,9-13,15-17H2,(H2,31,32,33). The molecule has 0 saturated heterocycles. The Morgan fingerprint density at radius 3 is 2.24 bits per heavy atom. The van der Waals surface area contributed by atoms with Gasteiger partial charge in [0.15, 0.2) is 0 Å². The van der Waals surface area contributed by atoms with E-state index in [1.54, 1.807) is 0 Å². The average molecular weight is 473 g/mol. The minimum atomic E-state index is -4.43. The zero-order chi connectivity index (χ0) is 23.8. The first-order valence-electron chi connectivity index (χ1n) is 12.2. The fourth-order valence-electron chi connectivity index (χ4n) is 6.74. The summed E-state index contributed by atoms with van der Waals surface area (Å²) >= 11 is 0. The van der Waals surface area contributed by atoms with Crippen molar-refractivity contribution < 1.29 is 22.7 Å². The van der Waals surface area contributed by atoms with Crippen molar-refractivity contribution >= 4 is 6.03 Å². The molecule has 7 heteroatoms. The highest BCUT2D eigenvalue weighted by atomic mass is 19.4. The molecule has 0 radical (unpaired) electrons. The Bertz CT molecular complexity index is 973. The minimum absolute atomic E-state index is 0.0633. The number of hydrogen-bond donors (Lipinski definition) is 2. The first-order chi connectivity index (χ1) is 16.3. The molecule has 6 rings (SSSR count). The summed E-state index contributed by atoms with van der Waals surface area (Å²) in [5.41, 5.74) is 0.0414. The number of benzene rings is 2. The van der Waals surface area contributed by atoms with Crippen molar-refractivity contribution in [2.24, 2.45) is 17.8 Å². The Kier molecular flexibility index (Phi) is 6.21. The summed E-state index contributed by atoms with van der Waals surface area (Å²) < 4.78 is 45.3. The largest absolute Gasteiger partial charge is 0.486 e. The topological polar surface area (TPSA) is 50.4 Å². The van der Waals surface area contributed by atoms with Crippen LogP contribution in [0, 0.1) is 17.8 Å². The summed E-state index contributed by atoms with van der Waals surface area (Å²) in [5, 5.41) is 6.27. The van der Waals surface area contributed by atoms with E-state index < -0.39 is 17.8 Å². The zero-order valence-electron chi connectivity index (χ0n) is 19.1. The van der Waals surface area contributed by atoms with Gasteiger partial charge < -0.3 is 15.4 Å². The minimum Gasteiger partial charge on any atom is -0.486 e. The molecule has 4 nitrogen and oxygen atoms in total. The third-order valence-corrected chi connectivity index (χ3v) is 7.72. The van der Waals surface area contributed by atoms with Gasteiger partial charge in [0, 0.05) is 18.5 Å². The van der Waals surface area contributed by atoms with E-state index in [1.165, 1.54) is 31.4 Å². The second kappa shape index (κ2) is 9.16. The molecule has 2 amide bonds. The number of alkyl halides is 3. The van der Waals surface area contributed by atoms with Crippen molar-refractivity contribution in [3.05, 3.63) is 65.7 Å². The number of ether oxygens (including phenoxy) is 1. The van der Waals surface area contributed by atoms with E-state index in [0.717, 1.165) is 54.7 Å². The molecule has 0 heterocycles. The fourth-order valence-corrected chi connectivity index (χ4v) is 6.74. The lowest BCUT2D eigenvalue weighted by molar-refractivity contribution is -0.137. The second-order valence-electron chi connectivity index (χ2n) is 10.4. The highest BCUT2D eigenvalue weighted by Gasteiger charge is 2.51. The number of nitrogens with one attached hydrogen (secondary N) is 2. The highest BCUT2D eigenvalue weighted by molar-refractivity contribution is 5.74. The molecule has 2 aromatic rings. The predicted octanol–water partition coefficient (Wildman–Crippen LogP) is 6.48. The molecule has 4 aliphatic carbocycles. The number of amides is 2. The van der Waals surface area contributed by atoms with Gasteiger partial charge in [0.1, 0.15) is 11.9 Å². The summed E-state index contributed by atoms with van der Waals surface area (Å²) in [6, 6.07) is 14.1. The number of rotatable bonds is 7. The van der Waals surface area contributed by atoms with Crippen LogP contribution >= 0.6 is 0 Å². The molecule has 34 heavy (non-hydrogen) atoms. The van der Waals surface area contributed by atoms with E-state index in [2.05, 4.69) is 10.6 Å². The molecule has 0 aromatic heterocycles. The van der Waals surface area contributed by atoms with Crippen molar-refractivity contribution in [2.45, 2.75) is 62.8 Å². The smallest absolute Gasteiger partial charge is 0.416 e. The van der Waals surface area contributed by atoms with E-state index in [0.29, 0.717) is 13.0 Å². The lowest BCUT2D eigenvalue weighted by atomic mass is 9.53. The molecule has 4 saturated carbocycles. The maximum Gasteiger partial charge on any atom is 0.416 e. The summed E-state index contributed by atoms with van der Waals surface area (Å²) in [5.74, 6) is 2.39. The Labute approximate surface area is 198 Å². The molecular weight excluding hydrogens is 441 g/mol. The Balaban J connectivity index is 1.20. The quantitative estimate of drug-likeness (QED) is 0.484. The van der Waals surface area contributed by atoms with Crippen LogP contribution in [0.3, 0.4) is 0 Å². The van der Waals surface area contributed by atoms with E-state index in [9.17, 15) is 18.0 Å². The Morgan fingerprint density at radius 1 is 0.971 bits per heavy atom. The second-order valence-corrected chi connectivity index (χ2v) is 10.4. The van der Waals surface area contributed by atoms with Gasteiger partial charge in [-0.1, -0.05) is 36.4 Å². The van der Waals surface area contributed by atoms with E-state index >= 15 is 0 Å².